The zero-order valence-corrected chi connectivity index (χ0v) is 63.0. The summed E-state index contributed by atoms with van der Waals surface area (Å²) in [4.78, 5) is 51.9. The Kier molecular flexibility index (Phi) is 18.6. The molecule has 0 fully saturated rings. The fraction of sp³-hybridized carbons (Fsp3) is 0.0189. The average Bonchev–Trinajstić information content (AvgIpc) is 1.59. The maximum Gasteiger partial charge on any atom is 0.164 e. The fourth-order valence-corrected chi connectivity index (χ4v) is 15.7. The van der Waals surface area contributed by atoms with Gasteiger partial charge in [-0.05, 0) is 109 Å². The average molecular weight is 1480 g/mol. The summed E-state index contributed by atoms with van der Waals surface area (Å²) >= 11 is 0. The highest BCUT2D eigenvalue weighted by molar-refractivity contribution is 5.89. The van der Waals surface area contributed by atoms with Gasteiger partial charge in [0.25, 0.3) is 0 Å². The summed E-state index contributed by atoms with van der Waals surface area (Å²) in [6.45, 7) is 0. The minimum Gasteiger partial charge on any atom is -0.228 e. The lowest BCUT2D eigenvalue weighted by molar-refractivity contribution is 1.07. The van der Waals surface area contributed by atoms with Crippen LogP contribution in [0.1, 0.15) is 22.3 Å². The van der Waals surface area contributed by atoms with E-state index in [1.165, 1.54) is 33.4 Å². The van der Waals surface area contributed by atoms with E-state index in [2.05, 4.69) is 315 Å². The van der Waals surface area contributed by atoms with Gasteiger partial charge >= 0.3 is 0 Å². The Labute approximate surface area is 672 Å². The molecule has 4 heterocycles. The zero-order chi connectivity index (χ0) is 77.1. The highest BCUT2D eigenvalue weighted by Gasteiger charge is 2.30. The molecule has 0 saturated carbocycles. The van der Waals surface area contributed by atoms with E-state index in [9.17, 15) is 0 Å². The lowest BCUT2D eigenvalue weighted by atomic mass is 10.00. The molecule has 10 nitrogen and oxygen atoms in total. The minimum absolute atomic E-state index is 0.585. The second kappa shape index (κ2) is 31.0. The lowest BCUT2D eigenvalue weighted by Gasteiger charge is -2.13. The molecule has 0 aliphatic heterocycles. The first-order valence-electron chi connectivity index (χ1n) is 39.0. The Balaban J connectivity index is 0.000000150. The Morgan fingerprint density at radius 1 is 0.129 bits per heavy atom. The molecule has 0 atom stereocenters. The molecule has 0 bridgehead atoms. The zero-order valence-electron chi connectivity index (χ0n) is 63.0. The Morgan fingerprint density at radius 3 is 0.586 bits per heavy atom. The smallest absolute Gasteiger partial charge is 0.164 e. The first kappa shape index (κ1) is 69.7. The number of nitrogens with zero attached hydrogens (tertiary/aromatic N) is 10. The number of aromatic nitrogens is 10. The van der Waals surface area contributed by atoms with Crippen molar-refractivity contribution in [3.8, 4) is 192 Å². The number of hydrogen-bond donors (Lipinski definition) is 0. The van der Waals surface area contributed by atoms with Crippen LogP contribution in [0.25, 0.3) is 192 Å². The molecule has 0 radical (unpaired) electrons. The van der Waals surface area contributed by atoms with Gasteiger partial charge < -0.3 is 0 Å². The van der Waals surface area contributed by atoms with E-state index >= 15 is 0 Å². The predicted molar refractivity (Wildman–Crippen MR) is 469 cm³/mol. The van der Waals surface area contributed by atoms with Crippen LogP contribution in [-0.4, -0.2) is 49.8 Å². The van der Waals surface area contributed by atoms with Gasteiger partial charge in [0.15, 0.2) is 46.6 Å². The quantitative estimate of drug-likeness (QED) is 0.0978. The molecule has 21 rings (SSSR count). The predicted octanol–water partition coefficient (Wildman–Crippen LogP) is 25.5. The van der Waals surface area contributed by atoms with E-state index < -0.39 is 0 Å². The molecule has 0 unspecified atom stereocenters. The SMILES string of the molecule is c1ccc(-c2cccc(-c3nc(-c4cccc(-c5ccccc5)c4)nc(-c4cccc(-c5nc(-c6ccccc6)nc6c5Cc5ccc(-c7ccccc7)cc5-6)c4)n3)c2)cc1.c1ccc(-c2cccc(-c3nc(-c4ccccc4)nc(-c4cccc(-c5nc(-c6ccccc6)nc6c5Cc5ccc(-c7ccccc7)cc5-6)c4)n3)c2)cc1. The number of rotatable bonds is 15. The molecule has 0 saturated heterocycles. The maximum atomic E-state index is 5.33. The maximum absolute atomic E-state index is 5.33. The molecule has 0 amide bonds. The van der Waals surface area contributed by atoms with Gasteiger partial charge in [0.1, 0.15) is 0 Å². The highest BCUT2D eigenvalue weighted by atomic mass is 15.0. The molecule has 544 valence electrons. The van der Waals surface area contributed by atoms with Crippen molar-refractivity contribution < 1.29 is 0 Å². The molecular weight excluding hydrogens is 1410 g/mol. The van der Waals surface area contributed by atoms with Gasteiger partial charge in [-0.15, -0.1) is 0 Å². The summed E-state index contributed by atoms with van der Waals surface area (Å²) in [5.74, 6) is 5.02. The van der Waals surface area contributed by atoms with E-state index in [-0.39, 0.29) is 0 Å². The van der Waals surface area contributed by atoms with E-state index in [4.69, 9.17) is 49.8 Å². The van der Waals surface area contributed by atoms with Crippen molar-refractivity contribution in [1.82, 2.24) is 49.8 Å². The van der Waals surface area contributed by atoms with Crippen LogP contribution < -0.4 is 0 Å². The fourth-order valence-electron chi connectivity index (χ4n) is 15.7. The van der Waals surface area contributed by atoms with Crippen LogP contribution in [-0.2, 0) is 12.8 Å². The van der Waals surface area contributed by atoms with Crippen molar-refractivity contribution in [1.29, 1.82) is 0 Å². The largest absolute Gasteiger partial charge is 0.228 e. The van der Waals surface area contributed by atoms with E-state index in [1.54, 1.807) is 0 Å². The first-order valence-corrected chi connectivity index (χ1v) is 39.0. The van der Waals surface area contributed by atoms with Gasteiger partial charge in [-0.2, -0.15) is 0 Å². The second-order valence-electron chi connectivity index (χ2n) is 29.0. The normalized spacial score (nSPS) is 11.6. The van der Waals surface area contributed by atoms with Crippen LogP contribution >= 0.6 is 0 Å². The summed E-state index contributed by atoms with van der Waals surface area (Å²) in [6, 6.07) is 138. The monoisotopic (exact) mass is 1480 g/mol. The van der Waals surface area contributed by atoms with Crippen LogP contribution in [0, 0.1) is 0 Å². The molecule has 4 aromatic heterocycles. The lowest BCUT2D eigenvalue weighted by Crippen LogP contribution is -2.01. The molecule has 0 spiro atoms. The van der Waals surface area contributed by atoms with Crippen molar-refractivity contribution in [2.24, 2.45) is 0 Å². The minimum atomic E-state index is 0.585. The van der Waals surface area contributed by atoms with Crippen molar-refractivity contribution >= 4 is 0 Å². The third-order valence-corrected chi connectivity index (χ3v) is 21.5. The molecule has 2 aliphatic rings. The second-order valence-corrected chi connectivity index (χ2v) is 29.0. The first-order chi connectivity index (χ1) is 57.4. The Bertz CT molecular complexity index is 6750. The van der Waals surface area contributed by atoms with Crippen molar-refractivity contribution in [2.45, 2.75) is 12.8 Å². The standard InChI is InChI=1S/C56H37N5.C50H33N5/c1-5-16-37(17-6-1)41-24-13-27-46(32-41)54-59-55(47-28-14-25-42(33-47)38-18-7-2-8-19-38)61-56(60-54)48-29-15-26-45(34-48)51-50-36-44-31-30-43(39-20-9-3-10-21-39)35-49(44)52(50)58-53(57-51)40-22-11-4-12-23-40;1-5-15-33(16-6-1)37-23-13-25-41(29-37)49-53-48(36-21-11-4-12-22-36)54-50(55-49)42-26-14-24-40(30-42)45-44-32-39-28-27-38(34-17-7-2-8-18-34)31-43(39)46(44)52-47(51-45)35-19-9-3-10-20-35/h1-35H,36H2;1-31H,32H2. The number of hydrogen-bond acceptors (Lipinski definition) is 10. The molecule has 15 aromatic carbocycles. The summed E-state index contributed by atoms with van der Waals surface area (Å²) in [5, 5.41) is 0. The van der Waals surface area contributed by atoms with Gasteiger partial charge in [0.05, 0.1) is 22.8 Å². The third-order valence-electron chi connectivity index (χ3n) is 21.5. The van der Waals surface area contributed by atoms with E-state index in [1.807, 2.05) is 84.9 Å². The topological polar surface area (TPSA) is 129 Å². The van der Waals surface area contributed by atoms with Crippen molar-refractivity contribution in [3.05, 3.63) is 423 Å². The van der Waals surface area contributed by atoms with Gasteiger partial charge in [0.2, 0.25) is 0 Å². The number of fused-ring (bicyclic) bond motifs is 6. The highest BCUT2D eigenvalue weighted by Crippen LogP contribution is 2.46. The van der Waals surface area contributed by atoms with E-state index in [0.717, 1.165) is 147 Å². The van der Waals surface area contributed by atoms with Gasteiger partial charge in [-0.25, -0.2) is 49.8 Å². The molecular formula is C106H70N10. The van der Waals surface area contributed by atoms with E-state index in [0.29, 0.717) is 46.6 Å². The van der Waals surface area contributed by atoms with Crippen LogP contribution in [0.3, 0.4) is 0 Å². The summed E-state index contributed by atoms with van der Waals surface area (Å²) in [5.41, 5.74) is 31.5. The van der Waals surface area contributed by atoms with Crippen LogP contribution in [0.15, 0.2) is 400 Å². The van der Waals surface area contributed by atoms with Crippen LogP contribution in [0.2, 0.25) is 0 Å². The van der Waals surface area contributed by atoms with Crippen LogP contribution in [0.4, 0.5) is 0 Å². The Hall–Kier alpha value is -15.5. The molecule has 19 aromatic rings. The third kappa shape index (κ3) is 14.2. The Morgan fingerprint density at radius 2 is 0.319 bits per heavy atom. The summed E-state index contributed by atoms with van der Waals surface area (Å²) in [6.07, 6.45) is 1.49. The molecule has 2 aliphatic carbocycles. The number of benzene rings is 15. The molecule has 10 heteroatoms. The van der Waals surface area contributed by atoms with Gasteiger partial charge in [0, 0.05) is 90.7 Å². The van der Waals surface area contributed by atoms with Crippen molar-refractivity contribution in [2.75, 3.05) is 0 Å². The summed E-state index contributed by atoms with van der Waals surface area (Å²) in [7, 11) is 0. The van der Waals surface area contributed by atoms with Crippen LogP contribution in [0.5, 0.6) is 0 Å². The van der Waals surface area contributed by atoms with Gasteiger partial charge in [-0.1, -0.05) is 358 Å². The van der Waals surface area contributed by atoms with Crippen molar-refractivity contribution in [3.63, 3.8) is 0 Å². The van der Waals surface area contributed by atoms with Gasteiger partial charge in [-0.3, -0.25) is 0 Å². The molecule has 0 N–H and O–H groups in total. The summed E-state index contributed by atoms with van der Waals surface area (Å²) < 4.78 is 0. The molecule has 116 heavy (non-hydrogen) atoms.